The molecule has 2 atom stereocenters. The lowest BCUT2D eigenvalue weighted by molar-refractivity contribution is 0.0991. The van der Waals surface area contributed by atoms with Crippen LogP contribution in [0.5, 0.6) is 0 Å². The third-order valence-electron chi connectivity index (χ3n) is 3.85. The van der Waals surface area contributed by atoms with Crippen molar-refractivity contribution < 1.29 is 9.18 Å². The van der Waals surface area contributed by atoms with E-state index in [1.54, 1.807) is 19.1 Å². The largest absolute Gasteiger partial charge is 0.341 e. The Bertz CT molecular complexity index is 658. The Hall–Kier alpha value is -1.61. The Morgan fingerprint density at radius 1 is 1.19 bits per heavy atom. The van der Waals surface area contributed by atoms with Crippen LogP contribution in [0.4, 0.5) is 4.39 Å². The summed E-state index contributed by atoms with van der Waals surface area (Å²) < 4.78 is 15.1. The SMILES string of the molecule is Cc1cc(C(=O)C(C)Cl)c(C)n1C(C)c1ccc(F)cc1. The lowest BCUT2D eigenvalue weighted by atomic mass is 10.1. The van der Waals surface area contributed by atoms with Gasteiger partial charge >= 0.3 is 0 Å². The lowest BCUT2D eigenvalue weighted by Gasteiger charge is -2.19. The number of aromatic nitrogens is 1. The van der Waals surface area contributed by atoms with E-state index in [1.165, 1.54) is 12.1 Å². The Kier molecular flexibility index (Phi) is 4.52. The van der Waals surface area contributed by atoms with Crippen LogP contribution in [-0.4, -0.2) is 15.7 Å². The van der Waals surface area contributed by atoms with Crippen molar-refractivity contribution in [2.45, 2.75) is 39.1 Å². The summed E-state index contributed by atoms with van der Waals surface area (Å²) in [7, 11) is 0. The normalized spacial score (nSPS) is 14.0. The smallest absolute Gasteiger partial charge is 0.182 e. The summed E-state index contributed by atoms with van der Waals surface area (Å²) in [6.45, 7) is 7.59. The molecule has 0 saturated carbocycles. The molecule has 0 spiro atoms. The van der Waals surface area contributed by atoms with Gasteiger partial charge in [-0.25, -0.2) is 4.39 Å². The van der Waals surface area contributed by atoms with Gasteiger partial charge in [-0.2, -0.15) is 0 Å². The van der Waals surface area contributed by atoms with Crippen molar-refractivity contribution in [2.24, 2.45) is 0 Å². The molecule has 0 fully saturated rings. The molecule has 2 rings (SSSR count). The molecular weight excluding hydrogens is 289 g/mol. The summed E-state index contributed by atoms with van der Waals surface area (Å²) in [5.41, 5.74) is 3.53. The van der Waals surface area contributed by atoms with E-state index in [4.69, 9.17) is 11.6 Å². The number of hydrogen-bond acceptors (Lipinski definition) is 1. The molecule has 112 valence electrons. The Morgan fingerprint density at radius 3 is 2.29 bits per heavy atom. The monoisotopic (exact) mass is 307 g/mol. The van der Waals surface area contributed by atoms with E-state index in [0.717, 1.165) is 17.0 Å². The number of carbonyl (C=O) groups is 1. The number of hydrogen-bond donors (Lipinski definition) is 0. The molecule has 0 bridgehead atoms. The molecule has 0 aliphatic carbocycles. The maximum Gasteiger partial charge on any atom is 0.182 e. The van der Waals surface area contributed by atoms with Gasteiger partial charge in [0, 0.05) is 17.0 Å². The van der Waals surface area contributed by atoms with Crippen molar-refractivity contribution in [3.8, 4) is 0 Å². The summed E-state index contributed by atoms with van der Waals surface area (Å²) in [6.07, 6.45) is 0. The molecule has 2 unspecified atom stereocenters. The zero-order chi connectivity index (χ0) is 15.7. The van der Waals surface area contributed by atoms with Gasteiger partial charge in [0.2, 0.25) is 0 Å². The molecule has 0 N–H and O–H groups in total. The molecule has 4 heteroatoms. The van der Waals surface area contributed by atoms with E-state index in [2.05, 4.69) is 4.57 Å². The van der Waals surface area contributed by atoms with Crippen LogP contribution in [-0.2, 0) is 0 Å². The second-order valence-corrected chi connectivity index (χ2v) is 6.02. The minimum Gasteiger partial charge on any atom is -0.341 e. The van der Waals surface area contributed by atoms with Crippen molar-refractivity contribution in [2.75, 3.05) is 0 Å². The third-order valence-corrected chi connectivity index (χ3v) is 4.05. The van der Waals surface area contributed by atoms with Gasteiger partial charge in [-0.1, -0.05) is 12.1 Å². The molecule has 0 aliphatic heterocycles. The number of benzene rings is 1. The van der Waals surface area contributed by atoms with Crippen molar-refractivity contribution in [3.63, 3.8) is 0 Å². The van der Waals surface area contributed by atoms with E-state index in [1.807, 2.05) is 26.8 Å². The van der Waals surface area contributed by atoms with E-state index in [-0.39, 0.29) is 17.6 Å². The number of nitrogens with zero attached hydrogens (tertiary/aromatic N) is 1. The highest BCUT2D eigenvalue weighted by molar-refractivity contribution is 6.33. The highest BCUT2D eigenvalue weighted by Gasteiger charge is 2.22. The van der Waals surface area contributed by atoms with E-state index in [9.17, 15) is 9.18 Å². The van der Waals surface area contributed by atoms with E-state index >= 15 is 0 Å². The van der Waals surface area contributed by atoms with Gasteiger partial charge in [-0.15, -0.1) is 11.6 Å². The second-order valence-electron chi connectivity index (χ2n) is 5.36. The molecule has 1 aromatic heterocycles. The zero-order valence-electron chi connectivity index (χ0n) is 12.7. The quantitative estimate of drug-likeness (QED) is 0.594. The first-order valence-electron chi connectivity index (χ1n) is 6.95. The molecule has 0 radical (unpaired) electrons. The fourth-order valence-electron chi connectivity index (χ4n) is 2.73. The van der Waals surface area contributed by atoms with Gasteiger partial charge in [0.05, 0.1) is 11.4 Å². The lowest BCUT2D eigenvalue weighted by Crippen LogP contribution is -2.14. The van der Waals surface area contributed by atoms with Crippen molar-refractivity contribution in [1.29, 1.82) is 0 Å². The van der Waals surface area contributed by atoms with Crippen LogP contribution in [0.15, 0.2) is 30.3 Å². The van der Waals surface area contributed by atoms with Crippen molar-refractivity contribution in [3.05, 3.63) is 58.7 Å². The maximum absolute atomic E-state index is 13.0. The minimum atomic E-state index is -0.542. The first-order valence-corrected chi connectivity index (χ1v) is 7.38. The van der Waals surface area contributed by atoms with Crippen LogP contribution >= 0.6 is 11.6 Å². The van der Waals surface area contributed by atoms with Crippen LogP contribution in [0, 0.1) is 19.7 Å². The number of rotatable bonds is 4. The summed E-state index contributed by atoms with van der Waals surface area (Å²) in [5, 5.41) is -0.542. The van der Waals surface area contributed by atoms with E-state index in [0.29, 0.717) is 5.56 Å². The average molecular weight is 308 g/mol. The third kappa shape index (κ3) is 3.03. The summed E-state index contributed by atoms with van der Waals surface area (Å²) in [5.74, 6) is -0.318. The van der Waals surface area contributed by atoms with Crippen molar-refractivity contribution in [1.82, 2.24) is 4.57 Å². The standard InChI is InChI=1S/C17H19ClFNO/c1-10-9-16(17(21)11(2)18)13(4)20(10)12(3)14-5-7-15(19)8-6-14/h5-9,11-12H,1-4H3. The molecule has 0 amide bonds. The molecule has 1 heterocycles. The predicted octanol–water partition coefficient (Wildman–Crippen LogP) is 4.66. The molecular formula is C17H19ClFNO. The summed E-state index contributed by atoms with van der Waals surface area (Å²) in [6, 6.07) is 8.34. The molecule has 2 aromatic rings. The van der Waals surface area contributed by atoms with Gasteiger partial charge in [0.1, 0.15) is 5.82 Å². The van der Waals surface area contributed by atoms with Gasteiger partial charge in [0.15, 0.2) is 5.78 Å². The van der Waals surface area contributed by atoms with Crippen LogP contribution in [0.25, 0.3) is 0 Å². The fraction of sp³-hybridized carbons (Fsp3) is 0.353. The summed E-state index contributed by atoms with van der Waals surface area (Å²) in [4.78, 5) is 12.1. The Labute approximate surface area is 129 Å². The maximum atomic E-state index is 13.0. The number of halogens is 2. The number of carbonyl (C=O) groups excluding carboxylic acids is 1. The molecule has 0 saturated heterocycles. The van der Waals surface area contributed by atoms with Crippen LogP contribution in [0.2, 0.25) is 0 Å². The summed E-state index contributed by atoms with van der Waals surface area (Å²) >= 11 is 5.91. The Morgan fingerprint density at radius 2 is 1.76 bits per heavy atom. The zero-order valence-corrected chi connectivity index (χ0v) is 13.4. The van der Waals surface area contributed by atoms with E-state index < -0.39 is 5.38 Å². The minimum absolute atomic E-state index is 0.0257. The molecule has 0 aliphatic rings. The molecule has 21 heavy (non-hydrogen) atoms. The van der Waals surface area contributed by atoms with Crippen LogP contribution in [0.3, 0.4) is 0 Å². The molecule has 2 nitrogen and oxygen atoms in total. The topological polar surface area (TPSA) is 22.0 Å². The first-order chi connectivity index (χ1) is 9.82. The van der Waals surface area contributed by atoms with Gasteiger partial charge < -0.3 is 4.57 Å². The van der Waals surface area contributed by atoms with Gasteiger partial charge in [-0.05, 0) is 51.5 Å². The molecule has 1 aromatic carbocycles. The van der Waals surface area contributed by atoms with Crippen LogP contribution < -0.4 is 0 Å². The number of alkyl halides is 1. The highest BCUT2D eigenvalue weighted by Crippen LogP contribution is 2.26. The second kappa shape index (κ2) is 6.02. The van der Waals surface area contributed by atoms with Crippen molar-refractivity contribution >= 4 is 17.4 Å². The van der Waals surface area contributed by atoms with Gasteiger partial charge in [-0.3, -0.25) is 4.79 Å². The average Bonchev–Trinajstić information content (AvgIpc) is 2.73. The fourth-order valence-corrected chi connectivity index (χ4v) is 2.84. The van der Waals surface area contributed by atoms with Gasteiger partial charge in [0.25, 0.3) is 0 Å². The highest BCUT2D eigenvalue weighted by atomic mass is 35.5. The number of aryl methyl sites for hydroxylation is 1. The number of ketones is 1. The van der Waals surface area contributed by atoms with Crippen LogP contribution in [0.1, 0.15) is 47.2 Å². The first kappa shape index (κ1) is 15.8. The Balaban J connectivity index is 2.44. The predicted molar refractivity (Wildman–Crippen MR) is 83.8 cm³/mol. The number of Topliss-reactive ketones (excluding diaryl/α,β-unsaturated/α-hetero) is 1.